The minimum absolute atomic E-state index is 0.0529. The first-order valence-electron chi connectivity index (χ1n) is 8.10. The van der Waals surface area contributed by atoms with Gasteiger partial charge in [-0.2, -0.15) is 0 Å². The molecule has 7 heteroatoms. The van der Waals surface area contributed by atoms with Crippen molar-refractivity contribution in [3.63, 3.8) is 0 Å². The molecule has 0 bridgehead atoms. The van der Waals surface area contributed by atoms with Crippen molar-refractivity contribution in [3.8, 4) is 0 Å². The van der Waals surface area contributed by atoms with Gasteiger partial charge in [-0.1, -0.05) is 6.07 Å². The van der Waals surface area contributed by atoms with E-state index in [2.05, 4.69) is 10.0 Å². The van der Waals surface area contributed by atoms with Crippen LogP contribution in [0.4, 0.5) is 0 Å². The van der Waals surface area contributed by atoms with Crippen molar-refractivity contribution >= 4 is 15.9 Å². The topological polar surface area (TPSA) is 78.5 Å². The number of rotatable bonds is 4. The average Bonchev–Trinajstić information content (AvgIpc) is 3.33. The van der Waals surface area contributed by atoms with E-state index in [-0.39, 0.29) is 16.8 Å². The van der Waals surface area contributed by atoms with Crippen LogP contribution in [0.1, 0.15) is 35.2 Å². The molecule has 1 heterocycles. The van der Waals surface area contributed by atoms with Gasteiger partial charge in [-0.3, -0.25) is 4.79 Å². The number of hydrogen-bond acceptors (Lipinski definition) is 4. The molecule has 126 valence electrons. The monoisotopic (exact) mass is 337 g/mol. The quantitative estimate of drug-likeness (QED) is 0.855. The van der Waals surface area contributed by atoms with Gasteiger partial charge in [0.2, 0.25) is 10.0 Å². The summed E-state index contributed by atoms with van der Waals surface area (Å²) >= 11 is 0. The van der Waals surface area contributed by atoms with Crippen molar-refractivity contribution in [2.75, 3.05) is 26.2 Å². The Labute approximate surface area is 137 Å². The highest BCUT2D eigenvalue weighted by Crippen LogP contribution is 2.23. The molecule has 2 fully saturated rings. The largest absolute Gasteiger partial charge is 0.337 e. The molecular weight excluding hydrogens is 314 g/mol. The Hall–Kier alpha value is -1.44. The smallest absolute Gasteiger partial charge is 0.254 e. The summed E-state index contributed by atoms with van der Waals surface area (Å²) in [6, 6.07) is 4.85. The molecule has 0 radical (unpaired) electrons. The van der Waals surface area contributed by atoms with Gasteiger partial charge in [0.1, 0.15) is 0 Å². The fraction of sp³-hybridized carbons (Fsp3) is 0.562. The second-order valence-electron chi connectivity index (χ2n) is 6.27. The standard InChI is InChI=1S/C16H23N3O3S/c1-12-3-6-14(23(21,22)18-13-4-5-13)11-15(12)16(20)19-9-2-7-17-8-10-19/h3,6,11,13,17-18H,2,4-5,7-10H2,1H3. The van der Waals surface area contributed by atoms with Crippen LogP contribution >= 0.6 is 0 Å². The van der Waals surface area contributed by atoms with Gasteiger partial charge in [-0.05, 0) is 50.4 Å². The van der Waals surface area contributed by atoms with E-state index in [0.717, 1.165) is 37.9 Å². The molecule has 0 aromatic heterocycles. The van der Waals surface area contributed by atoms with Crippen LogP contribution in [0.5, 0.6) is 0 Å². The van der Waals surface area contributed by atoms with Crippen LogP contribution in [0.2, 0.25) is 0 Å². The van der Waals surface area contributed by atoms with Crippen molar-refractivity contribution < 1.29 is 13.2 Å². The fourth-order valence-corrected chi connectivity index (χ4v) is 4.04. The molecule has 6 nitrogen and oxygen atoms in total. The van der Waals surface area contributed by atoms with Gasteiger partial charge in [0.15, 0.2) is 0 Å². The maximum atomic E-state index is 12.8. The van der Waals surface area contributed by atoms with Gasteiger partial charge in [-0.15, -0.1) is 0 Å². The molecular formula is C16H23N3O3S. The van der Waals surface area contributed by atoms with Gasteiger partial charge in [-0.25, -0.2) is 13.1 Å². The Kier molecular flexibility index (Phi) is 4.70. The van der Waals surface area contributed by atoms with E-state index in [1.165, 1.54) is 6.07 Å². The molecule has 0 atom stereocenters. The van der Waals surface area contributed by atoms with Crippen molar-refractivity contribution in [1.29, 1.82) is 0 Å². The van der Waals surface area contributed by atoms with E-state index in [9.17, 15) is 13.2 Å². The molecule has 1 aromatic rings. The summed E-state index contributed by atoms with van der Waals surface area (Å²) < 4.78 is 27.4. The molecule has 1 saturated heterocycles. The number of sulfonamides is 1. The van der Waals surface area contributed by atoms with Crippen LogP contribution < -0.4 is 10.0 Å². The maximum Gasteiger partial charge on any atom is 0.254 e. The number of carbonyl (C=O) groups is 1. The van der Waals surface area contributed by atoms with Crippen LogP contribution in [0.15, 0.2) is 23.1 Å². The van der Waals surface area contributed by atoms with Crippen molar-refractivity contribution in [3.05, 3.63) is 29.3 Å². The highest BCUT2D eigenvalue weighted by Gasteiger charge is 2.29. The Bertz CT molecular complexity index is 691. The SMILES string of the molecule is Cc1ccc(S(=O)(=O)NC2CC2)cc1C(=O)N1CCCNCC1. The average molecular weight is 337 g/mol. The summed E-state index contributed by atoms with van der Waals surface area (Å²) in [7, 11) is -3.54. The predicted octanol–water partition coefficient (Wildman–Crippen LogP) is 0.871. The zero-order valence-electron chi connectivity index (χ0n) is 13.3. The Morgan fingerprint density at radius 1 is 1.26 bits per heavy atom. The zero-order valence-corrected chi connectivity index (χ0v) is 14.2. The van der Waals surface area contributed by atoms with Crippen LogP contribution in [0, 0.1) is 6.92 Å². The molecule has 23 heavy (non-hydrogen) atoms. The van der Waals surface area contributed by atoms with Gasteiger partial charge < -0.3 is 10.2 Å². The lowest BCUT2D eigenvalue weighted by Crippen LogP contribution is -2.35. The molecule has 3 rings (SSSR count). The molecule has 0 unspecified atom stereocenters. The molecule has 1 aromatic carbocycles. The van der Waals surface area contributed by atoms with Crippen LogP contribution in [0.3, 0.4) is 0 Å². The summed E-state index contributed by atoms with van der Waals surface area (Å²) in [4.78, 5) is 14.7. The van der Waals surface area contributed by atoms with Gasteiger partial charge in [0.05, 0.1) is 4.90 Å². The maximum absolute atomic E-state index is 12.8. The molecule has 2 aliphatic rings. The van der Waals surface area contributed by atoms with E-state index in [4.69, 9.17) is 0 Å². The number of hydrogen-bond donors (Lipinski definition) is 2. The number of amides is 1. The second kappa shape index (κ2) is 6.59. The third kappa shape index (κ3) is 3.91. The minimum atomic E-state index is -3.54. The number of nitrogens with zero attached hydrogens (tertiary/aromatic N) is 1. The van der Waals surface area contributed by atoms with Gasteiger partial charge in [0, 0.05) is 31.2 Å². The molecule has 1 saturated carbocycles. The van der Waals surface area contributed by atoms with Crippen molar-refractivity contribution in [1.82, 2.24) is 14.9 Å². The number of benzene rings is 1. The second-order valence-corrected chi connectivity index (χ2v) is 7.98. The summed E-state index contributed by atoms with van der Waals surface area (Å²) in [5.74, 6) is -0.0883. The summed E-state index contributed by atoms with van der Waals surface area (Å²) in [6.45, 7) is 4.86. The van der Waals surface area contributed by atoms with Gasteiger partial charge >= 0.3 is 0 Å². The Morgan fingerprint density at radius 2 is 2.04 bits per heavy atom. The van der Waals surface area contributed by atoms with E-state index in [1.54, 1.807) is 17.0 Å². The van der Waals surface area contributed by atoms with Gasteiger partial charge in [0.25, 0.3) is 5.91 Å². The molecule has 1 aliphatic carbocycles. The van der Waals surface area contributed by atoms with Crippen molar-refractivity contribution in [2.45, 2.75) is 37.1 Å². The van der Waals surface area contributed by atoms with E-state index < -0.39 is 10.0 Å². The van der Waals surface area contributed by atoms with Crippen LogP contribution in [-0.2, 0) is 10.0 Å². The molecule has 1 aliphatic heterocycles. The molecule has 2 N–H and O–H groups in total. The number of aryl methyl sites for hydroxylation is 1. The lowest BCUT2D eigenvalue weighted by molar-refractivity contribution is 0.0765. The minimum Gasteiger partial charge on any atom is -0.337 e. The predicted molar refractivity (Wildman–Crippen MR) is 87.9 cm³/mol. The number of nitrogens with one attached hydrogen (secondary N) is 2. The number of carbonyl (C=O) groups excluding carboxylic acids is 1. The third-order valence-electron chi connectivity index (χ3n) is 4.28. The first-order valence-corrected chi connectivity index (χ1v) is 9.59. The van der Waals surface area contributed by atoms with Crippen LogP contribution in [-0.4, -0.2) is 51.4 Å². The van der Waals surface area contributed by atoms with E-state index >= 15 is 0 Å². The Morgan fingerprint density at radius 3 is 2.78 bits per heavy atom. The highest BCUT2D eigenvalue weighted by atomic mass is 32.2. The summed E-state index contributed by atoms with van der Waals surface area (Å²) in [5, 5.41) is 3.26. The highest BCUT2D eigenvalue weighted by molar-refractivity contribution is 7.89. The Balaban J connectivity index is 1.86. The first kappa shape index (κ1) is 16.4. The third-order valence-corrected chi connectivity index (χ3v) is 5.79. The lowest BCUT2D eigenvalue weighted by Gasteiger charge is -2.21. The molecule has 0 spiro atoms. The lowest BCUT2D eigenvalue weighted by atomic mass is 10.1. The zero-order chi connectivity index (χ0) is 16.4. The van der Waals surface area contributed by atoms with E-state index in [1.807, 2.05) is 6.92 Å². The molecule has 1 amide bonds. The van der Waals surface area contributed by atoms with E-state index in [0.29, 0.717) is 18.7 Å². The first-order chi connectivity index (χ1) is 11.0. The van der Waals surface area contributed by atoms with Crippen LogP contribution in [0.25, 0.3) is 0 Å². The summed E-state index contributed by atoms with van der Waals surface area (Å²) in [6.07, 6.45) is 2.68. The summed E-state index contributed by atoms with van der Waals surface area (Å²) in [5.41, 5.74) is 1.28. The van der Waals surface area contributed by atoms with Crippen molar-refractivity contribution in [2.24, 2.45) is 0 Å². The normalized spacial score (nSPS) is 19.4. The fourth-order valence-electron chi connectivity index (χ4n) is 2.71.